The lowest BCUT2D eigenvalue weighted by molar-refractivity contribution is 0.492. The van der Waals surface area contributed by atoms with Crippen LogP contribution in [0.15, 0.2) is 23.6 Å². The van der Waals surface area contributed by atoms with Crippen molar-refractivity contribution in [2.24, 2.45) is 0 Å². The quantitative estimate of drug-likeness (QED) is 0.593. The minimum atomic E-state index is -3.50. The first-order valence-corrected chi connectivity index (χ1v) is 5.28. The summed E-state index contributed by atoms with van der Waals surface area (Å²) in [6, 6.07) is 5.49. The first-order valence-electron chi connectivity index (χ1n) is 3.81. The Morgan fingerprint density at radius 1 is 1.31 bits per heavy atom. The third kappa shape index (κ3) is 1.45. The molecule has 0 aliphatic carbocycles. The van der Waals surface area contributed by atoms with Crippen molar-refractivity contribution in [3.63, 3.8) is 0 Å². The molecule has 0 fully saturated rings. The average Bonchev–Trinajstić information content (AvgIpc) is 2.06. The monoisotopic (exact) mass is 196 g/mol. The topological polar surface area (TPSA) is 43.4 Å². The second-order valence-corrected chi connectivity index (χ2v) is 4.30. The van der Waals surface area contributed by atoms with Gasteiger partial charge in [-0.2, -0.15) is 8.42 Å². The van der Waals surface area contributed by atoms with E-state index in [1.54, 1.807) is 6.08 Å². The summed E-state index contributed by atoms with van der Waals surface area (Å²) in [5.41, 5.74) is 1.63. The molecule has 4 heteroatoms. The summed E-state index contributed by atoms with van der Waals surface area (Å²) in [5.74, 6) is 0.435. The van der Waals surface area contributed by atoms with Crippen LogP contribution in [-0.2, 0) is 10.1 Å². The molecule has 1 aliphatic rings. The van der Waals surface area contributed by atoms with Gasteiger partial charge in [0.15, 0.2) is 5.75 Å². The van der Waals surface area contributed by atoms with Gasteiger partial charge in [-0.25, -0.2) is 0 Å². The van der Waals surface area contributed by atoms with E-state index in [9.17, 15) is 8.42 Å². The maximum absolute atomic E-state index is 11.1. The molecule has 0 unspecified atom stereocenters. The molecule has 0 aromatic heterocycles. The summed E-state index contributed by atoms with van der Waals surface area (Å²) in [6.07, 6.45) is 1.54. The molecule has 1 aliphatic heterocycles. The molecule has 1 heterocycles. The molecule has 0 atom stereocenters. The van der Waals surface area contributed by atoms with Gasteiger partial charge in [0.1, 0.15) is 0 Å². The first-order chi connectivity index (χ1) is 6.08. The van der Waals surface area contributed by atoms with Crippen LogP contribution in [-0.4, -0.2) is 8.42 Å². The van der Waals surface area contributed by atoms with Crippen LogP contribution >= 0.6 is 0 Å². The van der Waals surface area contributed by atoms with E-state index in [0.717, 1.165) is 16.5 Å². The van der Waals surface area contributed by atoms with E-state index in [1.807, 2.05) is 25.1 Å². The molecule has 0 saturated carbocycles. The molecule has 1 aromatic carbocycles. The van der Waals surface area contributed by atoms with Gasteiger partial charge in [-0.3, -0.25) is 0 Å². The summed E-state index contributed by atoms with van der Waals surface area (Å²) in [6.45, 7) is 1.81. The Labute approximate surface area is 76.8 Å². The number of rotatable bonds is 0. The number of benzene rings is 1. The summed E-state index contributed by atoms with van der Waals surface area (Å²) in [5, 5.41) is 1.06. The van der Waals surface area contributed by atoms with E-state index in [2.05, 4.69) is 0 Å². The van der Waals surface area contributed by atoms with Gasteiger partial charge in [0, 0.05) is 5.56 Å². The number of para-hydroxylation sites is 1. The summed E-state index contributed by atoms with van der Waals surface area (Å²) in [7, 11) is -3.50. The fourth-order valence-corrected chi connectivity index (χ4v) is 2.05. The fourth-order valence-electron chi connectivity index (χ4n) is 1.22. The molecule has 0 amide bonds. The lowest BCUT2D eigenvalue weighted by Crippen LogP contribution is -2.10. The first kappa shape index (κ1) is 8.31. The van der Waals surface area contributed by atoms with Gasteiger partial charge in [-0.1, -0.05) is 18.2 Å². The highest BCUT2D eigenvalue weighted by molar-refractivity contribution is 7.90. The summed E-state index contributed by atoms with van der Waals surface area (Å²) >= 11 is 0. The number of hydrogen-bond donors (Lipinski definition) is 0. The third-order valence-corrected chi connectivity index (χ3v) is 2.72. The van der Waals surface area contributed by atoms with Crippen LogP contribution in [0.3, 0.4) is 0 Å². The molecule has 0 spiro atoms. The van der Waals surface area contributed by atoms with Crippen molar-refractivity contribution in [2.75, 3.05) is 0 Å². The van der Waals surface area contributed by atoms with Gasteiger partial charge < -0.3 is 4.18 Å². The zero-order valence-electron chi connectivity index (χ0n) is 7.02. The average molecular weight is 196 g/mol. The maximum atomic E-state index is 11.1. The molecule has 13 heavy (non-hydrogen) atoms. The van der Waals surface area contributed by atoms with Crippen LogP contribution in [0.2, 0.25) is 0 Å². The Morgan fingerprint density at radius 2 is 2.08 bits per heavy atom. The molecular weight excluding hydrogens is 188 g/mol. The second kappa shape index (κ2) is 2.60. The van der Waals surface area contributed by atoms with E-state index in [1.165, 1.54) is 0 Å². The minimum absolute atomic E-state index is 0.435. The van der Waals surface area contributed by atoms with Crippen molar-refractivity contribution in [1.82, 2.24) is 0 Å². The molecular formula is C9H8O3S. The van der Waals surface area contributed by atoms with E-state index in [0.29, 0.717) is 5.75 Å². The highest BCUT2D eigenvalue weighted by Crippen LogP contribution is 2.29. The van der Waals surface area contributed by atoms with Crippen molar-refractivity contribution < 1.29 is 12.6 Å². The Kier molecular flexibility index (Phi) is 1.66. The van der Waals surface area contributed by atoms with Gasteiger partial charge in [0.2, 0.25) is 0 Å². The van der Waals surface area contributed by atoms with E-state index >= 15 is 0 Å². The largest absolute Gasteiger partial charge is 0.378 e. The van der Waals surface area contributed by atoms with E-state index < -0.39 is 10.1 Å². The molecule has 1 aromatic rings. The Morgan fingerprint density at radius 3 is 2.85 bits per heavy atom. The van der Waals surface area contributed by atoms with Gasteiger partial charge in [-0.05, 0) is 18.6 Å². The Bertz CT molecular complexity index is 472. The number of aryl methyl sites for hydroxylation is 1. The zero-order chi connectivity index (χ0) is 9.47. The second-order valence-electron chi connectivity index (χ2n) is 2.87. The van der Waals surface area contributed by atoms with Crippen molar-refractivity contribution in [3.05, 3.63) is 34.7 Å². The van der Waals surface area contributed by atoms with Crippen LogP contribution < -0.4 is 4.18 Å². The maximum Gasteiger partial charge on any atom is 0.332 e. The minimum Gasteiger partial charge on any atom is -0.378 e. The molecule has 0 N–H and O–H groups in total. The fraction of sp³-hybridized carbons (Fsp3) is 0.111. The standard InChI is InChI=1S/C9H8O3S/c1-7-3-2-4-8-5-6-13(10,11)12-9(7)8/h2-6H,1H3. The smallest absolute Gasteiger partial charge is 0.332 e. The lowest BCUT2D eigenvalue weighted by atomic mass is 10.1. The van der Waals surface area contributed by atoms with Gasteiger partial charge in [0.25, 0.3) is 0 Å². The normalized spacial score (nSPS) is 17.6. The van der Waals surface area contributed by atoms with E-state index in [-0.39, 0.29) is 0 Å². The molecule has 0 radical (unpaired) electrons. The number of fused-ring (bicyclic) bond motifs is 1. The van der Waals surface area contributed by atoms with Gasteiger partial charge in [-0.15, -0.1) is 0 Å². The predicted molar refractivity (Wildman–Crippen MR) is 49.8 cm³/mol. The molecule has 3 nitrogen and oxygen atoms in total. The van der Waals surface area contributed by atoms with Gasteiger partial charge >= 0.3 is 10.1 Å². The highest BCUT2D eigenvalue weighted by atomic mass is 32.2. The van der Waals surface area contributed by atoms with Gasteiger partial charge in [0.05, 0.1) is 5.41 Å². The highest BCUT2D eigenvalue weighted by Gasteiger charge is 2.17. The van der Waals surface area contributed by atoms with Crippen LogP contribution in [0.25, 0.3) is 6.08 Å². The van der Waals surface area contributed by atoms with Crippen LogP contribution in [0.4, 0.5) is 0 Å². The SMILES string of the molecule is Cc1cccc2c1OS(=O)(=O)C=C2. The van der Waals surface area contributed by atoms with Crippen LogP contribution in [0.1, 0.15) is 11.1 Å². The van der Waals surface area contributed by atoms with Crippen molar-refractivity contribution in [2.45, 2.75) is 6.92 Å². The van der Waals surface area contributed by atoms with Crippen molar-refractivity contribution in [3.8, 4) is 5.75 Å². The van der Waals surface area contributed by atoms with Crippen LogP contribution in [0, 0.1) is 6.92 Å². The van der Waals surface area contributed by atoms with E-state index in [4.69, 9.17) is 4.18 Å². The lowest BCUT2D eigenvalue weighted by Gasteiger charge is -2.13. The Hall–Kier alpha value is -1.29. The van der Waals surface area contributed by atoms with Crippen molar-refractivity contribution >= 4 is 16.2 Å². The Balaban J connectivity index is 2.67. The number of hydrogen-bond acceptors (Lipinski definition) is 3. The molecule has 2 rings (SSSR count). The summed E-state index contributed by atoms with van der Waals surface area (Å²) < 4.78 is 26.9. The van der Waals surface area contributed by atoms with Crippen molar-refractivity contribution in [1.29, 1.82) is 0 Å². The third-order valence-electron chi connectivity index (χ3n) is 1.86. The summed E-state index contributed by atoms with van der Waals surface area (Å²) in [4.78, 5) is 0. The van der Waals surface area contributed by atoms with Crippen LogP contribution in [0.5, 0.6) is 5.75 Å². The molecule has 0 bridgehead atoms. The predicted octanol–water partition coefficient (Wildman–Crippen LogP) is 1.69. The molecule has 68 valence electrons. The zero-order valence-corrected chi connectivity index (χ0v) is 7.84. The molecule has 0 saturated heterocycles.